The van der Waals surface area contributed by atoms with E-state index in [-0.39, 0.29) is 30.2 Å². The van der Waals surface area contributed by atoms with Crippen LogP contribution in [0.2, 0.25) is 0 Å². The topological polar surface area (TPSA) is 20.2 Å². The predicted octanol–water partition coefficient (Wildman–Crippen LogP) is -1.64. The van der Waals surface area contributed by atoms with Crippen molar-refractivity contribution in [1.82, 2.24) is 0 Å². The maximum absolute atomic E-state index is 9.18. The molecule has 0 radical (unpaired) electrons. The third-order valence-corrected chi connectivity index (χ3v) is 2.58. The van der Waals surface area contributed by atoms with Crippen LogP contribution in [-0.4, -0.2) is 9.92 Å². The average molecular weight is 362 g/mol. The van der Waals surface area contributed by atoms with Gasteiger partial charge in [-0.05, 0) is 23.1 Å². The molecule has 1 nitrogen and oxygen atoms in total. The van der Waals surface area contributed by atoms with E-state index in [0.717, 1.165) is 12.0 Å². The van der Waals surface area contributed by atoms with Gasteiger partial charge in [-0.3, -0.25) is 6.08 Å². The van der Waals surface area contributed by atoms with Crippen molar-refractivity contribution in [2.75, 3.05) is 0 Å². The number of hydrogen-bond acceptors (Lipinski definition) is 1. The summed E-state index contributed by atoms with van der Waals surface area (Å²) < 4.78 is 0. The smallest absolute Gasteiger partial charge is 1.00 e. The molecule has 1 aliphatic carbocycles. The Morgan fingerprint density at radius 3 is 2.00 bits per heavy atom. The average Bonchev–Trinajstić information content (AvgIpc) is 2.83. The van der Waals surface area contributed by atoms with Gasteiger partial charge in [0.05, 0.1) is 0 Å². The largest absolute Gasteiger partial charge is 1.00 e. The summed E-state index contributed by atoms with van der Waals surface area (Å²) >= 11 is 1.75. The van der Waals surface area contributed by atoms with Crippen molar-refractivity contribution in [3.63, 3.8) is 0 Å². The third kappa shape index (κ3) is 11.9. The molecular weight excluding hydrogens is 339 g/mol. The molecule has 4 heteroatoms. The van der Waals surface area contributed by atoms with Crippen LogP contribution in [0.4, 0.5) is 0 Å². The standard InChI is InChI=1S/C10H14O.C6H7.CH2.2ClH.Ti/c1-10(2,3)8-5-4-6-9(11)7-8;1-6-4-2-3-5-6;;;;/h4-7,11H,1-3H3;2,4H,3H2,1H3;1H2;2*1H;/q;-1;;;;+1/p-2. The van der Waals surface area contributed by atoms with Crippen LogP contribution in [0.5, 0.6) is 5.75 Å². The minimum absolute atomic E-state index is 0. The van der Waals surface area contributed by atoms with E-state index in [2.05, 4.69) is 50.7 Å². The number of rotatable bonds is 0. The molecule has 0 aliphatic heterocycles. The molecule has 0 saturated heterocycles. The van der Waals surface area contributed by atoms with E-state index in [4.69, 9.17) is 0 Å². The number of aromatic hydroxyl groups is 1. The molecule has 21 heavy (non-hydrogen) atoms. The first-order valence-electron chi connectivity index (χ1n) is 6.28. The number of benzene rings is 1. The molecule has 1 aliphatic rings. The number of allylic oxidation sites excluding steroid dienone is 4. The second kappa shape index (κ2) is 13.3. The summed E-state index contributed by atoms with van der Waals surface area (Å²) in [5.41, 5.74) is 2.56. The monoisotopic (exact) mass is 361 g/mol. The molecule has 1 N–H and O–H groups in total. The number of hydrogen-bond donors (Lipinski definition) is 1. The molecule has 1 aromatic rings. The van der Waals surface area contributed by atoms with Crippen molar-refractivity contribution in [3.8, 4) is 5.75 Å². The van der Waals surface area contributed by atoms with Gasteiger partial charge in [0.1, 0.15) is 5.75 Å². The number of halogens is 2. The molecule has 0 atom stereocenters. The van der Waals surface area contributed by atoms with Crippen molar-refractivity contribution in [2.45, 2.75) is 39.5 Å². The Balaban J connectivity index is -0.000000279. The third-order valence-electron chi connectivity index (χ3n) is 2.58. The van der Waals surface area contributed by atoms with Crippen molar-refractivity contribution in [1.29, 1.82) is 0 Å². The number of phenols is 1. The van der Waals surface area contributed by atoms with Crippen molar-refractivity contribution in [2.24, 2.45) is 0 Å². The Morgan fingerprint density at radius 2 is 1.76 bits per heavy atom. The molecular formula is C17H23Cl2OTi-2. The summed E-state index contributed by atoms with van der Waals surface area (Å²) in [5, 5.41) is 9.18. The van der Waals surface area contributed by atoms with Gasteiger partial charge >= 0.3 is 24.8 Å². The predicted molar refractivity (Wildman–Crippen MR) is 80.1 cm³/mol. The molecule has 0 bridgehead atoms. The molecule has 0 amide bonds. The molecule has 0 spiro atoms. The summed E-state index contributed by atoms with van der Waals surface area (Å²) in [6, 6.07) is 7.39. The van der Waals surface area contributed by atoms with Gasteiger partial charge in [-0.25, -0.2) is 11.6 Å². The maximum Gasteiger partial charge on any atom is -1.00 e. The fraction of sp³-hybridized carbons (Fsp3) is 0.353. The zero-order chi connectivity index (χ0) is 14.9. The van der Waals surface area contributed by atoms with Gasteiger partial charge in [-0.15, -0.1) is 6.42 Å². The molecule has 1 aromatic carbocycles. The van der Waals surface area contributed by atoms with Crippen LogP contribution in [-0.2, 0) is 25.4 Å². The van der Waals surface area contributed by atoms with E-state index < -0.39 is 0 Å². The summed E-state index contributed by atoms with van der Waals surface area (Å²) in [6.45, 7) is 8.44. The Bertz CT molecular complexity index is 446. The molecule has 0 aromatic heterocycles. The minimum Gasteiger partial charge on any atom is -1.00 e. The fourth-order valence-electron chi connectivity index (χ4n) is 1.49. The van der Waals surface area contributed by atoms with Crippen molar-refractivity contribution >= 4 is 4.82 Å². The zero-order valence-corrected chi connectivity index (χ0v) is 16.2. The second-order valence-corrected chi connectivity index (χ2v) is 5.27. The normalized spacial score (nSPS) is 11.6. The van der Waals surface area contributed by atoms with Gasteiger partial charge in [0.25, 0.3) is 0 Å². The Kier molecular flexibility index (Phi) is 16.3. The van der Waals surface area contributed by atoms with Gasteiger partial charge in [0.2, 0.25) is 0 Å². The van der Waals surface area contributed by atoms with Crippen molar-refractivity contribution in [3.05, 3.63) is 53.6 Å². The van der Waals surface area contributed by atoms with E-state index in [1.54, 1.807) is 32.1 Å². The number of phenolic OH excluding ortho intramolecular Hbond substituents is 1. The molecule has 0 heterocycles. The zero-order valence-electron chi connectivity index (χ0n) is 13.1. The quantitative estimate of drug-likeness (QED) is 0.434. The van der Waals surface area contributed by atoms with Gasteiger partial charge in [-0.1, -0.05) is 39.8 Å². The Hall–Kier alpha value is -0.336. The van der Waals surface area contributed by atoms with Gasteiger partial charge in [-0.2, -0.15) is 6.08 Å². The van der Waals surface area contributed by atoms with Crippen LogP contribution < -0.4 is 24.8 Å². The second-order valence-electron chi connectivity index (χ2n) is 5.27. The fourth-order valence-corrected chi connectivity index (χ4v) is 1.49. The van der Waals surface area contributed by atoms with E-state index in [0.29, 0.717) is 5.75 Å². The van der Waals surface area contributed by atoms with Crippen LogP contribution in [0, 0.1) is 6.08 Å². The summed E-state index contributed by atoms with van der Waals surface area (Å²) in [6.07, 6.45) is 8.33. The summed E-state index contributed by atoms with van der Waals surface area (Å²) in [4.78, 5) is 3.25. The van der Waals surface area contributed by atoms with Crippen LogP contribution in [0.25, 0.3) is 0 Å². The minimum atomic E-state index is 0. The Labute approximate surface area is 153 Å². The SMILES string of the molecule is CC(C)(C)c1cccc(O)c1.CC1=[C-]CC=C1.[CH2]=[Ti+].[Cl-].[Cl-]. The molecule has 0 saturated carbocycles. The molecule has 2 rings (SSSR count). The van der Waals surface area contributed by atoms with Gasteiger partial charge < -0.3 is 29.9 Å². The summed E-state index contributed by atoms with van der Waals surface area (Å²) in [7, 11) is 0. The van der Waals surface area contributed by atoms with Crippen LogP contribution >= 0.6 is 0 Å². The van der Waals surface area contributed by atoms with Crippen LogP contribution in [0.3, 0.4) is 0 Å². The first-order valence-corrected chi connectivity index (χ1v) is 7.39. The van der Waals surface area contributed by atoms with Crippen molar-refractivity contribution < 1.29 is 49.9 Å². The van der Waals surface area contributed by atoms with E-state index >= 15 is 0 Å². The van der Waals surface area contributed by atoms with E-state index in [1.165, 1.54) is 5.57 Å². The maximum atomic E-state index is 9.18. The first kappa shape index (κ1) is 25.6. The van der Waals surface area contributed by atoms with Gasteiger partial charge in [0.15, 0.2) is 0 Å². The first-order chi connectivity index (χ1) is 8.89. The van der Waals surface area contributed by atoms with Crippen LogP contribution in [0.1, 0.15) is 39.7 Å². The molecule has 117 valence electrons. The van der Waals surface area contributed by atoms with E-state index in [1.807, 2.05) is 12.1 Å². The van der Waals surface area contributed by atoms with Crippen LogP contribution in [0.15, 0.2) is 42.0 Å². The Morgan fingerprint density at radius 1 is 1.19 bits per heavy atom. The molecule has 0 unspecified atom stereocenters. The molecule has 0 fully saturated rings. The summed E-state index contributed by atoms with van der Waals surface area (Å²) in [5.74, 6) is 0.345. The van der Waals surface area contributed by atoms with Gasteiger partial charge in [0, 0.05) is 0 Å². The van der Waals surface area contributed by atoms with E-state index in [9.17, 15) is 5.11 Å².